The Bertz CT molecular complexity index is 2110. The third-order valence-corrected chi connectivity index (χ3v) is 8.91. The lowest BCUT2D eigenvalue weighted by molar-refractivity contribution is -0.138. The van der Waals surface area contributed by atoms with Crippen molar-refractivity contribution in [2.24, 2.45) is 4.99 Å². The molecule has 1 aliphatic rings. The van der Waals surface area contributed by atoms with Gasteiger partial charge in [0.25, 0.3) is 0 Å². The number of anilines is 1. The predicted octanol–water partition coefficient (Wildman–Crippen LogP) is 8.58. The number of carbonyl (C=O) groups excluding carboxylic acids is 1. The molecule has 1 amide bonds. The summed E-state index contributed by atoms with van der Waals surface area (Å²) in [5.74, 6) is -1.24. The molecule has 0 saturated heterocycles. The standard InChI is InChI=1S/C40H32ClN3O3/c1-25(40(46)47)42-39(28-11-3-2-4-12-28)34-21-31(41)19-20-35(34)43-36(45)24-44-22-29-17-15-26-9-5-7-13-32(26)37(29)38-30(23-44)18-16-27-10-6-8-14-33(27)38/h2-21,25H,22-24H2,1H3,(H,43,45)(H,46,47)/t25-/m0/s1. The number of hydrogen-bond acceptors (Lipinski definition) is 4. The van der Waals surface area contributed by atoms with Gasteiger partial charge >= 0.3 is 5.97 Å². The van der Waals surface area contributed by atoms with Crippen molar-refractivity contribution in [3.8, 4) is 11.1 Å². The second-order valence-electron chi connectivity index (χ2n) is 11.9. The molecule has 0 saturated carbocycles. The maximum Gasteiger partial charge on any atom is 0.328 e. The zero-order valence-electron chi connectivity index (χ0n) is 25.8. The highest BCUT2D eigenvalue weighted by Gasteiger charge is 2.25. The smallest absolute Gasteiger partial charge is 0.328 e. The second-order valence-corrected chi connectivity index (χ2v) is 12.3. The average molecular weight is 638 g/mol. The predicted molar refractivity (Wildman–Crippen MR) is 190 cm³/mol. The molecule has 1 atom stereocenters. The van der Waals surface area contributed by atoms with Crippen molar-refractivity contribution in [1.29, 1.82) is 0 Å². The third-order valence-electron chi connectivity index (χ3n) is 8.67. The van der Waals surface area contributed by atoms with Crippen molar-refractivity contribution in [3.05, 3.63) is 149 Å². The normalized spacial score (nSPS) is 13.9. The van der Waals surface area contributed by atoms with Crippen LogP contribution in [0, 0.1) is 0 Å². The fourth-order valence-corrected chi connectivity index (χ4v) is 6.67. The number of carbonyl (C=O) groups is 2. The topological polar surface area (TPSA) is 82.0 Å². The molecule has 232 valence electrons. The lowest BCUT2D eigenvalue weighted by Gasteiger charge is -2.21. The number of carboxylic acids is 1. The molecule has 0 bridgehead atoms. The van der Waals surface area contributed by atoms with Gasteiger partial charge in [-0.05, 0) is 68.9 Å². The summed E-state index contributed by atoms with van der Waals surface area (Å²) in [4.78, 5) is 32.4. The Hall–Kier alpha value is -5.30. The average Bonchev–Trinajstić information content (AvgIpc) is 3.24. The van der Waals surface area contributed by atoms with Crippen molar-refractivity contribution in [1.82, 2.24) is 4.90 Å². The molecule has 0 spiro atoms. The number of fused-ring (bicyclic) bond motifs is 7. The minimum absolute atomic E-state index is 0.143. The van der Waals surface area contributed by atoms with Crippen LogP contribution < -0.4 is 5.32 Å². The van der Waals surface area contributed by atoms with E-state index in [1.165, 1.54) is 50.7 Å². The Kier molecular flexibility index (Phi) is 8.29. The van der Waals surface area contributed by atoms with Gasteiger partial charge in [0.15, 0.2) is 0 Å². The highest BCUT2D eigenvalue weighted by molar-refractivity contribution is 6.31. The van der Waals surface area contributed by atoms with Crippen molar-refractivity contribution < 1.29 is 14.7 Å². The van der Waals surface area contributed by atoms with Crippen LogP contribution in [-0.4, -0.2) is 40.2 Å². The summed E-state index contributed by atoms with van der Waals surface area (Å²) in [6, 6.07) is 39.1. The van der Waals surface area contributed by atoms with Crippen LogP contribution in [0.25, 0.3) is 32.7 Å². The number of nitrogens with one attached hydrogen (secondary N) is 1. The maximum absolute atomic E-state index is 13.8. The highest BCUT2D eigenvalue weighted by Crippen LogP contribution is 2.42. The molecule has 6 aromatic carbocycles. The monoisotopic (exact) mass is 637 g/mol. The first-order chi connectivity index (χ1) is 22.9. The Labute approximate surface area is 278 Å². The number of nitrogens with zero attached hydrogens (tertiary/aromatic N) is 2. The third kappa shape index (κ3) is 6.13. The van der Waals surface area contributed by atoms with Gasteiger partial charge in [-0.3, -0.25) is 14.7 Å². The quantitative estimate of drug-likeness (QED) is 0.172. The first kappa shape index (κ1) is 30.4. The largest absolute Gasteiger partial charge is 0.480 e. The van der Waals surface area contributed by atoms with E-state index in [2.05, 4.69) is 88.0 Å². The molecular formula is C40H32ClN3O3. The number of aliphatic carboxylic acids is 1. The number of benzene rings is 6. The Morgan fingerprint density at radius 3 is 1.96 bits per heavy atom. The summed E-state index contributed by atoms with van der Waals surface area (Å²) in [5, 5.41) is 17.9. The zero-order valence-corrected chi connectivity index (χ0v) is 26.5. The Balaban J connectivity index is 1.25. The van der Waals surface area contributed by atoms with E-state index >= 15 is 0 Å². The number of halogens is 1. The zero-order chi connectivity index (χ0) is 32.5. The van der Waals surface area contributed by atoms with Crippen LogP contribution in [0.1, 0.15) is 29.2 Å². The molecule has 6 aromatic rings. The van der Waals surface area contributed by atoms with Crippen LogP contribution in [0.4, 0.5) is 5.69 Å². The molecule has 1 heterocycles. The molecule has 1 aliphatic heterocycles. The molecule has 0 aromatic heterocycles. The van der Waals surface area contributed by atoms with Crippen molar-refractivity contribution in [2.75, 3.05) is 11.9 Å². The van der Waals surface area contributed by atoms with Gasteiger partial charge in [0.2, 0.25) is 5.91 Å². The molecule has 7 heteroatoms. The SMILES string of the molecule is C[C@H](N=C(c1ccccc1)c1cc(Cl)ccc1NC(=O)CN1Cc2ccc3ccccc3c2-c2c(ccc3ccccc23)C1)C(=O)O. The summed E-state index contributed by atoms with van der Waals surface area (Å²) in [7, 11) is 0. The van der Waals surface area contributed by atoms with Gasteiger partial charge in [0.1, 0.15) is 6.04 Å². The van der Waals surface area contributed by atoms with Crippen LogP contribution >= 0.6 is 11.6 Å². The fourth-order valence-electron chi connectivity index (χ4n) is 6.50. The van der Waals surface area contributed by atoms with Crippen LogP contribution in [-0.2, 0) is 22.7 Å². The van der Waals surface area contributed by atoms with Crippen molar-refractivity contribution in [2.45, 2.75) is 26.1 Å². The van der Waals surface area contributed by atoms with E-state index < -0.39 is 12.0 Å². The number of amides is 1. The number of aliphatic imine (C=N–C) groups is 1. The molecule has 2 N–H and O–H groups in total. The molecule has 0 unspecified atom stereocenters. The molecule has 0 radical (unpaired) electrons. The molecule has 0 fully saturated rings. The van der Waals surface area contributed by atoms with Crippen LogP contribution in [0.5, 0.6) is 0 Å². The first-order valence-corrected chi connectivity index (χ1v) is 15.9. The minimum Gasteiger partial charge on any atom is -0.480 e. The van der Waals surface area contributed by atoms with Gasteiger partial charge in [-0.25, -0.2) is 4.79 Å². The van der Waals surface area contributed by atoms with Crippen LogP contribution in [0.15, 0.2) is 126 Å². The number of rotatable bonds is 7. The van der Waals surface area contributed by atoms with E-state index in [4.69, 9.17) is 11.6 Å². The highest BCUT2D eigenvalue weighted by atomic mass is 35.5. The van der Waals surface area contributed by atoms with Gasteiger partial charge in [-0.15, -0.1) is 0 Å². The summed E-state index contributed by atoms with van der Waals surface area (Å²) in [6.45, 7) is 2.85. The lowest BCUT2D eigenvalue weighted by Crippen LogP contribution is -2.32. The fraction of sp³-hybridized carbons (Fsp3) is 0.125. The number of carboxylic acid groups (broad SMARTS) is 1. The van der Waals surface area contributed by atoms with Crippen LogP contribution in [0.2, 0.25) is 5.02 Å². The van der Waals surface area contributed by atoms with Crippen molar-refractivity contribution >= 4 is 56.4 Å². The summed E-state index contributed by atoms with van der Waals surface area (Å²) in [6.07, 6.45) is 0. The van der Waals surface area contributed by atoms with Gasteiger partial charge in [-0.1, -0.05) is 115 Å². The molecular weight excluding hydrogens is 606 g/mol. The van der Waals surface area contributed by atoms with E-state index in [9.17, 15) is 14.7 Å². The number of hydrogen-bond donors (Lipinski definition) is 2. The van der Waals surface area contributed by atoms with Gasteiger partial charge in [0, 0.05) is 29.2 Å². The van der Waals surface area contributed by atoms with E-state index in [0.29, 0.717) is 35.1 Å². The van der Waals surface area contributed by atoms with Crippen LogP contribution in [0.3, 0.4) is 0 Å². The Morgan fingerprint density at radius 1 is 0.787 bits per heavy atom. The molecule has 7 rings (SSSR count). The molecule has 47 heavy (non-hydrogen) atoms. The molecule has 6 nitrogen and oxygen atoms in total. The van der Waals surface area contributed by atoms with E-state index in [-0.39, 0.29) is 12.5 Å². The Morgan fingerprint density at radius 2 is 1.36 bits per heavy atom. The summed E-state index contributed by atoms with van der Waals surface area (Å²) >= 11 is 6.44. The van der Waals surface area contributed by atoms with Crippen molar-refractivity contribution in [3.63, 3.8) is 0 Å². The van der Waals surface area contributed by atoms with Gasteiger partial charge in [-0.2, -0.15) is 0 Å². The van der Waals surface area contributed by atoms with Gasteiger partial charge in [0.05, 0.1) is 17.9 Å². The second kappa shape index (κ2) is 12.8. The maximum atomic E-state index is 13.8. The summed E-state index contributed by atoms with van der Waals surface area (Å²) < 4.78 is 0. The first-order valence-electron chi connectivity index (χ1n) is 15.6. The van der Waals surface area contributed by atoms with E-state index in [1.807, 2.05) is 30.3 Å². The van der Waals surface area contributed by atoms with E-state index in [0.717, 1.165) is 5.56 Å². The molecule has 0 aliphatic carbocycles. The minimum atomic E-state index is -1.05. The lowest BCUT2D eigenvalue weighted by atomic mass is 9.88. The van der Waals surface area contributed by atoms with Gasteiger partial charge < -0.3 is 10.4 Å². The van der Waals surface area contributed by atoms with E-state index in [1.54, 1.807) is 18.2 Å². The summed E-state index contributed by atoms with van der Waals surface area (Å²) in [5.41, 5.74) is 6.98.